The highest BCUT2D eigenvalue weighted by atomic mass is 32.5. The molecule has 1 aliphatic rings. The van der Waals surface area contributed by atoms with Crippen LogP contribution in [0.4, 0.5) is 25.1 Å². The van der Waals surface area contributed by atoms with Crippen LogP contribution in [0.1, 0.15) is 38.2 Å². The molecule has 33 heavy (non-hydrogen) atoms. The van der Waals surface area contributed by atoms with E-state index in [-0.39, 0.29) is 17.8 Å². The van der Waals surface area contributed by atoms with Crippen molar-refractivity contribution in [2.24, 2.45) is 0 Å². The Morgan fingerprint density at radius 2 is 1.67 bits per heavy atom. The highest BCUT2D eigenvalue weighted by Gasteiger charge is 2.65. The lowest BCUT2D eigenvalue weighted by atomic mass is 9.80. The van der Waals surface area contributed by atoms with Gasteiger partial charge in [-0.05, 0) is 63.5 Å². The Bertz CT molecular complexity index is 1260. The lowest BCUT2D eigenvalue weighted by Gasteiger charge is -2.40. The molecule has 0 aliphatic carbocycles. The third-order valence-electron chi connectivity index (χ3n) is 5.83. The summed E-state index contributed by atoms with van der Waals surface area (Å²) in [6.07, 6.45) is 2.77. The van der Waals surface area contributed by atoms with Crippen LogP contribution in [0.3, 0.4) is 0 Å². The minimum absolute atomic E-state index is 0.00297. The summed E-state index contributed by atoms with van der Waals surface area (Å²) in [5.74, 6) is -0.815. The van der Waals surface area contributed by atoms with Crippen molar-refractivity contribution < 1.29 is 33.5 Å². The molecule has 3 aromatic rings. The lowest BCUT2D eigenvalue weighted by Crippen LogP contribution is -2.41. The maximum Gasteiger partial charge on any atom is 0.495 e. The topological polar surface area (TPSA) is 64.9 Å². The molecule has 0 atom stereocenters. The van der Waals surface area contributed by atoms with Gasteiger partial charge in [0, 0.05) is 11.9 Å². The number of hydrogen-bond donors (Lipinski definition) is 1. The lowest BCUT2D eigenvalue weighted by molar-refractivity contribution is 0.00578. The number of amides is 1. The first-order valence-corrected chi connectivity index (χ1v) is 11.8. The molecule has 6 nitrogen and oxygen atoms in total. The summed E-state index contributed by atoms with van der Waals surface area (Å²) in [4.78, 5) is 14.7. The number of carbonyl (C=O) groups is 1. The molecule has 1 aliphatic heterocycles. The second-order valence-corrected chi connectivity index (χ2v) is 11.3. The van der Waals surface area contributed by atoms with Crippen molar-refractivity contribution in [3.63, 3.8) is 0 Å². The number of hydrogen-bond acceptors (Lipinski definition) is 4. The summed E-state index contributed by atoms with van der Waals surface area (Å²) in [6.45, 7) is 7.65. The maximum atomic E-state index is 13.1. The second-order valence-electron chi connectivity index (χ2n) is 8.87. The molecule has 0 bridgehead atoms. The van der Waals surface area contributed by atoms with Crippen molar-refractivity contribution in [2.75, 3.05) is 5.32 Å². The van der Waals surface area contributed by atoms with Crippen molar-refractivity contribution in [3.8, 4) is 0 Å². The third kappa shape index (κ3) is 4.44. The number of aromatic nitrogens is 2. The second kappa shape index (κ2) is 6.48. The third-order valence-corrected chi connectivity index (χ3v) is 6.98. The monoisotopic (exact) mass is 489 g/mol. The fourth-order valence-electron chi connectivity index (χ4n) is 3.30. The molecule has 2 aromatic heterocycles. The van der Waals surface area contributed by atoms with Gasteiger partial charge in [0.05, 0.1) is 17.4 Å². The minimum Gasteiger partial charge on any atom is -0.399 e. The maximum absolute atomic E-state index is 13.1. The first kappa shape index (κ1) is 23.5. The van der Waals surface area contributed by atoms with Crippen LogP contribution < -0.4 is 10.8 Å². The van der Waals surface area contributed by atoms with Gasteiger partial charge in [-0.15, -0.1) is 0 Å². The molecule has 0 spiro atoms. The van der Waals surface area contributed by atoms with Gasteiger partial charge in [0.15, 0.2) is 0 Å². The summed E-state index contributed by atoms with van der Waals surface area (Å²) in [7, 11) is -10.5. The van der Waals surface area contributed by atoms with Gasteiger partial charge in [-0.2, -0.15) is 0 Å². The molecule has 1 amide bonds. The largest absolute Gasteiger partial charge is 0.495 e. The Hall–Kier alpha value is -2.64. The normalized spacial score (nSPS) is 19.8. The Morgan fingerprint density at radius 3 is 2.27 bits per heavy atom. The van der Waals surface area contributed by atoms with E-state index in [2.05, 4.69) is 10.3 Å². The van der Waals surface area contributed by atoms with Gasteiger partial charge in [0.25, 0.3) is 5.91 Å². The van der Waals surface area contributed by atoms with E-state index in [1.54, 1.807) is 18.3 Å². The number of carbonyl (C=O) groups excluding carboxylic acids is 1. The quantitative estimate of drug-likeness (QED) is 0.386. The van der Waals surface area contributed by atoms with Crippen LogP contribution in [-0.4, -0.2) is 33.6 Å². The average molecular weight is 489 g/mol. The molecule has 13 heteroatoms. The molecule has 0 radical (unpaired) electrons. The van der Waals surface area contributed by atoms with E-state index in [1.165, 1.54) is 10.6 Å². The highest BCUT2D eigenvalue weighted by molar-refractivity contribution is 8.45. The summed E-state index contributed by atoms with van der Waals surface area (Å²) in [5.41, 5.74) is -0.477. The first-order chi connectivity index (χ1) is 14.9. The van der Waals surface area contributed by atoms with Gasteiger partial charge >= 0.3 is 17.3 Å². The van der Waals surface area contributed by atoms with Gasteiger partial charge in [0.2, 0.25) is 0 Å². The van der Waals surface area contributed by atoms with E-state index >= 15 is 0 Å². The molecular formula is C20H21BF5N3O3S. The summed E-state index contributed by atoms with van der Waals surface area (Å²) in [6, 6.07) is 5.69. The van der Waals surface area contributed by atoms with Crippen molar-refractivity contribution in [2.45, 2.75) is 43.8 Å². The van der Waals surface area contributed by atoms with Gasteiger partial charge in [-0.1, -0.05) is 25.5 Å². The Kier molecular flexibility index (Phi) is 4.62. The predicted molar refractivity (Wildman–Crippen MR) is 117 cm³/mol. The zero-order valence-corrected chi connectivity index (χ0v) is 18.9. The van der Waals surface area contributed by atoms with Crippen LogP contribution >= 0.6 is 10.2 Å². The zero-order valence-electron chi connectivity index (χ0n) is 18.1. The number of rotatable bonds is 4. The number of anilines is 1. The van der Waals surface area contributed by atoms with E-state index in [0.717, 1.165) is 12.1 Å². The summed E-state index contributed by atoms with van der Waals surface area (Å²) >= 11 is 0. The van der Waals surface area contributed by atoms with Crippen molar-refractivity contribution in [1.29, 1.82) is 0 Å². The standard InChI is InChI=1S/C20H21BF5N3O3S/c1-19(2)20(3,4)32-21(31-19)13-8-9-29-16(12-27-17(29)10-13)18(30)28-14-6-5-7-15(11-14)33(22,23,24,25)26/h5-12H,1-4H3,(H,28,30). The number of nitrogens with one attached hydrogen (secondary N) is 1. The smallest absolute Gasteiger partial charge is 0.399 e. The molecule has 1 fully saturated rings. The number of nitrogens with zero attached hydrogens (tertiary/aromatic N) is 2. The van der Waals surface area contributed by atoms with E-state index in [0.29, 0.717) is 11.1 Å². The van der Waals surface area contributed by atoms with Gasteiger partial charge in [-0.25, -0.2) is 4.98 Å². The van der Waals surface area contributed by atoms with Crippen molar-refractivity contribution in [3.05, 3.63) is 54.5 Å². The van der Waals surface area contributed by atoms with Crippen LogP contribution in [0.25, 0.3) is 5.65 Å². The number of fused-ring (bicyclic) bond motifs is 1. The molecular weight excluding hydrogens is 468 g/mol. The Labute approximate surface area is 187 Å². The van der Waals surface area contributed by atoms with Crippen LogP contribution in [0.15, 0.2) is 53.7 Å². The molecule has 178 valence electrons. The van der Waals surface area contributed by atoms with Crippen LogP contribution in [0, 0.1) is 0 Å². The zero-order chi connectivity index (χ0) is 24.5. The molecule has 1 N–H and O–H groups in total. The number of benzene rings is 1. The van der Waals surface area contributed by atoms with Gasteiger partial charge in [0.1, 0.15) is 16.2 Å². The van der Waals surface area contributed by atoms with Crippen LogP contribution in [0.2, 0.25) is 0 Å². The molecule has 4 rings (SSSR count). The fourth-order valence-corrected chi connectivity index (χ4v) is 3.98. The number of imidazole rings is 1. The fraction of sp³-hybridized carbons (Fsp3) is 0.300. The Balaban J connectivity index is 1.59. The van der Waals surface area contributed by atoms with Gasteiger partial charge < -0.3 is 14.6 Å². The van der Waals surface area contributed by atoms with Crippen LogP contribution in [-0.2, 0) is 9.31 Å². The molecule has 0 saturated carbocycles. The first-order valence-electron chi connectivity index (χ1n) is 9.84. The molecule has 3 heterocycles. The summed E-state index contributed by atoms with van der Waals surface area (Å²) in [5, 5.41) is 2.21. The SMILES string of the molecule is CC1(C)OB(c2ccn3c(C(=O)Nc4cccc(S(F)(F)(F)(F)F)c4)cnc3c2)OC1(C)C. The average Bonchev–Trinajstić information content (AvgIpc) is 3.17. The predicted octanol–water partition coefficient (Wildman–Crippen LogP) is 5.54. The van der Waals surface area contributed by atoms with Crippen molar-refractivity contribution >= 4 is 40.0 Å². The van der Waals surface area contributed by atoms with Gasteiger partial charge in [-0.3, -0.25) is 9.20 Å². The number of pyridine rings is 1. The minimum atomic E-state index is -9.87. The van der Waals surface area contributed by atoms with E-state index in [4.69, 9.17) is 9.31 Å². The Morgan fingerprint density at radius 1 is 1.03 bits per heavy atom. The summed E-state index contributed by atoms with van der Waals surface area (Å²) < 4.78 is 78.7. The van der Waals surface area contributed by atoms with E-state index in [1.807, 2.05) is 27.7 Å². The molecule has 0 unspecified atom stereocenters. The highest BCUT2D eigenvalue weighted by Crippen LogP contribution is 3.02. The van der Waals surface area contributed by atoms with E-state index < -0.39 is 45.0 Å². The van der Waals surface area contributed by atoms with Crippen molar-refractivity contribution in [1.82, 2.24) is 9.38 Å². The number of halogens is 5. The molecule has 1 aromatic carbocycles. The van der Waals surface area contributed by atoms with E-state index in [9.17, 15) is 24.2 Å². The molecule has 1 saturated heterocycles. The van der Waals surface area contributed by atoms with Crippen LogP contribution in [0.5, 0.6) is 0 Å².